The highest BCUT2D eigenvalue weighted by atomic mass is 16.2. The number of amides is 1. The van der Waals surface area contributed by atoms with Gasteiger partial charge in [-0.15, -0.1) is 0 Å². The van der Waals surface area contributed by atoms with Crippen LogP contribution in [0.1, 0.15) is 25.3 Å². The van der Waals surface area contributed by atoms with Crippen molar-refractivity contribution in [1.29, 1.82) is 0 Å². The smallest absolute Gasteiger partial charge is 0.236 e. The lowest BCUT2D eigenvalue weighted by Crippen LogP contribution is -2.42. The number of hydrogen-bond donors (Lipinski definition) is 0. The average Bonchev–Trinajstić information content (AvgIpc) is 2.48. The number of rotatable bonds is 5. The monoisotopic (exact) mass is 275 g/mol. The van der Waals surface area contributed by atoms with Crippen LogP contribution in [-0.2, 0) is 11.2 Å². The molecule has 4 heteroatoms. The molecule has 0 saturated carbocycles. The van der Waals surface area contributed by atoms with Gasteiger partial charge in [-0.3, -0.25) is 14.7 Å². The molecule has 0 atom stereocenters. The van der Waals surface area contributed by atoms with Gasteiger partial charge in [0.15, 0.2) is 0 Å². The molecule has 1 fully saturated rings. The van der Waals surface area contributed by atoms with Gasteiger partial charge in [0.2, 0.25) is 5.91 Å². The van der Waals surface area contributed by atoms with Gasteiger partial charge in [0.25, 0.3) is 0 Å². The molecule has 1 aromatic heterocycles. The van der Waals surface area contributed by atoms with Gasteiger partial charge in [-0.2, -0.15) is 0 Å². The highest BCUT2D eigenvalue weighted by Gasteiger charge is 2.19. The molecule has 0 aliphatic carbocycles. The summed E-state index contributed by atoms with van der Waals surface area (Å²) in [4.78, 5) is 20.3. The van der Waals surface area contributed by atoms with Crippen molar-refractivity contribution in [2.45, 2.75) is 26.2 Å². The van der Waals surface area contributed by atoms with Gasteiger partial charge in [0.1, 0.15) is 0 Å². The van der Waals surface area contributed by atoms with E-state index in [1.807, 2.05) is 24.1 Å². The van der Waals surface area contributed by atoms with Crippen molar-refractivity contribution in [2.75, 3.05) is 33.2 Å². The molecule has 20 heavy (non-hydrogen) atoms. The van der Waals surface area contributed by atoms with E-state index in [4.69, 9.17) is 0 Å². The largest absolute Gasteiger partial charge is 0.344 e. The molecule has 1 aliphatic heterocycles. The van der Waals surface area contributed by atoms with Crippen LogP contribution in [0.3, 0.4) is 0 Å². The van der Waals surface area contributed by atoms with Crippen molar-refractivity contribution in [3.63, 3.8) is 0 Å². The molecule has 110 valence electrons. The van der Waals surface area contributed by atoms with Gasteiger partial charge >= 0.3 is 0 Å². The summed E-state index contributed by atoms with van der Waals surface area (Å²) in [5, 5.41) is 0. The number of likely N-dealkylation sites (N-methyl/N-ethyl adjacent to an activating group) is 1. The molecule has 4 nitrogen and oxygen atoms in total. The third-order valence-corrected chi connectivity index (χ3v) is 4.15. The van der Waals surface area contributed by atoms with Crippen LogP contribution < -0.4 is 0 Å². The fraction of sp³-hybridized carbons (Fsp3) is 0.625. The van der Waals surface area contributed by atoms with E-state index in [-0.39, 0.29) is 5.91 Å². The summed E-state index contributed by atoms with van der Waals surface area (Å²) in [5.41, 5.74) is 1.23. The Bertz CT molecular complexity index is 413. The number of carbonyl (C=O) groups is 1. The van der Waals surface area contributed by atoms with Crippen LogP contribution in [-0.4, -0.2) is 53.9 Å². The summed E-state index contributed by atoms with van der Waals surface area (Å²) in [5.74, 6) is 1.04. The standard InChI is InChI=1S/C16H25N3O/c1-14-5-11-19(12-6-14)13-16(20)18(2)10-7-15-3-8-17-9-4-15/h3-4,8-9,14H,5-7,10-13H2,1-2H3. The van der Waals surface area contributed by atoms with Gasteiger partial charge < -0.3 is 4.90 Å². The normalized spacial score (nSPS) is 17.1. The Balaban J connectivity index is 1.72. The lowest BCUT2D eigenvalue weighted by molar-refractivity contribution is -0.131. The van der Waals surface area contributed by atoms with Crippen molar-refractivity contribution in [3.05, 3.63) is 30.1 Å². The van der Waals surface area contributed by atoms with Crippen molar-refractivity contribution in [2.24, 2.45) is 5.92 Å². The number of nitrogens with zero attached hydrogens (tertiary/aromatic N) is 3. The minimum absolute atomic E-state index is 0.230. The molecular weight excluding hydrogens is 250 g/mol. The van der Waals surface area contributed by atoms with Crippen LogP contribution in [0.2, 0.25) is 0 Å². The maximum atomic E-state index is 12.2. The van der Waals surface area contributed by atoms with Crippen LogP contribution in [0.25, 0.3) is 0 Å². The first kappa shape index (κ1) is 15.0. The molecule has 0 N–H and O–H groups in total. The van der Waals surface area contributed by atoms with Crippen molar-refractivity contribution >= 4 is 5.91 Å². The Kier molecular flexibility index (Phi) is 5.53. The quantitative estimate of drug-likeness (QED) is 0.822. The highest BCUT2D eigenvalue weighted by Crippen LogP contribution is 2.15. The molecule has 1 amide bonds. The molecule has 0 radical (unpaired) electrons. The number of pyridine rings is 1. The summed E-state index contributed by atoms with van der Waals surface area (Å²) in [6, 6.07) is 4.01. The van der Waals surface area contributed by atoms with E-state index in [1.54, 1.807) is 12.4 Å². The fourth-order valence-electron chi connectivity index (χ4n) is 2.50. The first-order valence-electron chi connectivity index (χ1n) is 7.50. The molecule has 0 aromatic carbocycles. The topological polar surface area (TPSA) is 36.4 Å². The third-order valence-electron chi connectivity index (χ3n) is 4.15. The van der Waals surface area contributed by atoms with Crippen LogP contribution in [0, 0.1) is 5.92 Å². The maximum Gasteiger partial charge on any atom is 0.236 e. The molecule has 2 heterocycles. The Morgan fingerprint density at radius 2 is 2.00 bits per heavy atom. The number of hydrogen-bond acceptors (Lipinski definition) is 3. The first-order valence-corrected chi connectivity index (χ1v) is 7.50. The van der Waals surface area contributed by atoms with E-state index in [1.165, 1.54) is 18.4 Å². The lowest BCUT2D eigenvalue weighted by Gasteiger charge is -2.31. The predicted octanol–water partition coefficient (Wildman–Crippen LogP) is 1.81. The summed E-state index contributed by atoms with van der Waals surface area (Å²) in [7, 11) is 1.90. The van der Waals surface area contributed by atoms with Gasteiger partial charge in [-0.1, -0.05) is 6.92 Å². The second kappa shape index (κ2) is 7.39. The Labute approximate surface area is 121 Å². The molecule has 0 spiro atoms. The molecule has 0 unspecified atom stereocenters. The van der Waals surface area contributed by atoms with Gasteiger partial charge in [-0.05, 0) is 56.0 Å². The average molecular weight is 275 g/mol. The van der Waals surface area contributed by atoms with Crippen LogP contribution >= 0.6 is 0 Å². The van der Waals surface area contributed by atoms with E-state index in [9.17, 15) is 4.79 Å². The van der Waals surface area contributed by atoms with Crippen molar-refractivity contribution < 1.29 is 4.79 Å². The summed E-state index contributed by atoms with van der Waals surface area (Å²) >= 11 is 0. The van der Waals surface area contributed by atoms with Crippen LogP contribution in [0.5, 0.6) is 0 Å². The summed E-state index contributed by atoms with van der Waals surface area (Å²) < 4.78 is 0. The Hall–Kier alpha value is -1.42. The van der Waals surface area contributed by atoms with Gasteiger partial charge in [0.05, 0.1) is 6.54 Å². The minimum atomic E-state index is 0.230. The molecule has 1 saturated heterocycles. The van der Waals surface area contributed by atoms with Crippen LogP contribution in [0.15, 0.2) is 24.5 Å². The molecule has 2 rings (SSSR count). The predicted molar refractivity (Wildman–Crippen MR) is 80.4 cm³/mol. The first-order chi connectivity index (χ1) is 9.65. The zero-order chi connectivity index (χ0) is 14.4. The number of aromatic nitrogens is 1. The van der Waals surface area contributed by atoms with E-state index >= 15 is 0 Å². The third kappa shape index (κ3) is 4.60. The SMILES string of the molecule is CC1CCN(CC(=O)N(C)CCc2ccncc2)CC1. The van der Waals surface area contributed by atoms with E-state index in [0.29, 0.717) is 6.54 Å². The van der Waals surface area contributed by atoms with Gasteiger partial charge in [0, 0.05) is 26.0 Å². The van der Waals surface area contributed by atoms with E-state index < -0.39 is 0 Å². The number of piperidine rings is 1. The number of likely N-dealkylation sites (tertiary alicyclic amines) is 1. The maximum absolute atomic E-state index is 12.2. The zero-order valence-electron chi connectivity index (χ0n) is 12.6. The van der Waals surface area contributed by atoms with Gasteiger partial charge in [-0.25, -0.2) is 0 Å². The molecule has 0 bridgehead atoms. The van der Waals surface area contributed by atoms with Crippen LogP contribution in [0.4, 0.5) is 0 Å². The second-order valence-corrected chi connectivity index (χ2v) is 5.88. The summed E-state index contributed by atoms with van der Waals surface area (Å²) in [6.07, 6.45) is 6.92. The fourth-order valence-corrected chi connectivity index (χ4v) is 2.50. The Morgan fingerprint density at radius 1 is 1.35 bits per heavy atom. The second-order valence-electron chi connectivity index (χ2n) is 5.88. The van der Waals surface area contributed by atoms with E-state index in [0.717, 1.165) is 32.0 Å². The Morgan fingerprint density at radius 3 is 2.65 bits per heavy atom. The molecule has 1 aromatic rings. The zero-order valence-corrected chi connectivity index (χ0v) is 12.6. The lowest BCUT2D eigenvalue weighted by atomic mass is 9.99. The highest BCUT2D eigenvalue weighted by molar-refractivity contribution is 5.78. The minimum Gasteiger partial charge on any atom is -0.344 e. The van der Waals surface area contributed by atoms with E-state index in [2.05, 4.69) is 16.8 Å². The van der Waals surface area contributed by atoms with Crippen molar-refractivity contribution in [1.82, 2.24) is 14.8 Å². The molecular formula is C16H25N3O. The number of carbonyl (C=O) groups excluding carboxylic acids is 1. The summed E-state index contributed by atoms with van der Waals surface area (Å²) in [6.45, 7) is 5.75. The van der Waals surface area contributed by atoms with Crippen molar-refractivity contribution in [3.8, 4) is 0 Å². The molecule has 1 aliphatic rings.